The van der Waals surface area contributed by atoms with Crippen LogP contribution < -0.4 is 5.32 Å². The number of alkyl halides is 3. The Labute approximate surface area is 180 Å². The smallest absolute Gasteiger partial charge is 0.343 e. The van der Waals surface area contributed by atoms with Gasteiger partial charge in [0.2, 0.25) is 0 Å². The van der Waals surface area contributed by atoms with Crippen LogP contribution >= 0.6 is 0 Å². The summed E-state index contributed by atoms with van der Waals surface area (Å²) < 4.78 is 95.7. The number of halogens is 5. The lowest BCUT2D eigenvalue weighted by atomic mass is 9.88. The third kappa shape index (κ3) is 4.21. The van der Waals surface area contributed by atoms with Gasteiger partial charge in [0.15, 0.2) is 15.7 Å². The van der Waals surface area contributed by atoms with Gasteiger partial charge in [-0.15, -0.1) is 0 Å². The zero-order valence-corrected chi connectivity index (χ0v) is 17.6. The zero-order chi connectivity index (χ0) is 23.9. The van der Waals surface area contributed by atoms with Crippen LogP contribution in [0.2, 0.25) is 0 Å². The molecule has 1 fully saturated rings. The van der Waals surface area contributed by atoms with Crippen molar-refractivity contribution in [1.29, 1.82) is 5.26 Å². The van der Waals surface area contributed by atoms with Crippen molar-refractivity contribution in [3.63, 3.8) is 0 Å². The van der Waals surface area contributed by atoms with E-state index in [9.17, 15) is 35.2 Å². The van der Waals surface area contributed by atoms with Crippen LogP contribution in [-0.2, 0) is 16.9 Å². The Morgan fingerprint density at radius 1 is 1.25 bits per heavy atom. The molecular formula is C20H18F5N3O3S. The molecule has 1 aliphatic carbocycles. The van der Waals surface area contributed by atoms with Gasteiger partial charge in [-0.1, -0.05) is 12.8 Å². The molecule has 12 heteroatoms. The van der Waals surface area contributed by atoms with Gasteiger partial charge in [0.25, 0.3) is 5.91 Å². The summed E-state index contributed by atoms with van der Waals surface area (Å²) in [7, 11) is -3.56. The van der Waals surface area contributed by atoms with E-state index in [4.69, 9.17) is 5.26 Å². The lowest BCUT2D eigenvalue weighted by Gasteiger charge is -2.31. The van der Waals surface area contributed by atoms with Gasteiger partial charge in [-0.3, -0.25) is 4.79 Å². The fraction of sp³-hybridized carbons (Fsp3) is 0.400. The number of rotatable bonds is 5. The van der Waals surface area contributed by atoms with Crippen LogP contribution in [0, 0.1) is 28.4 Å². The molecule has 1 aromatic carbocycles. The minimum absolute atomic E-state index is 0.0556. The molecule has 3 rings (SSSR count). The van der Waals surface area contributed by atoms with E-state index in [-0.39, 0.29) is 36.9 Å². The first-order valence-corrected chi connectivity index (χ1v) is 11.1. The van der Waals surface area contributed by atoms with Crippen LogP contribution in [0.15, 0.2) is 29.3 Å². The highest BCUT2D eigenvalue weighted by Gasteiger charge is 2.58. The largest absolute Gasteiger partial charge is 0.395 e. The molecule has 0 unspecified atom stereocenters. The number of aryl methyl sites for hydroxylation is 1. The molecule has 0 radical (unpaired) electrons. The number of carbonyl (C=O) groups is 1. The molecule has 1 aliphatic rings. The summed E-state index contributed by atoms with van der Waals surface area (Å²) in [6.07, 6.45) is -4.34. The van der Waals surface area contributed by atoms with E-state index in [0.717, 1.165) is 36.0 Å². The molecule has 0 aliphatic heterocycles. The summed E-state index contributed by atoms with van der Waals surface area (Å²) >= 11 is 0. The fourth-order valence-corrected chi connectivity index (χ4v) is 5.95. The van der Waals surface area contributed by atoms with Crippen molar-refractivity contribution in [3.05, 3.63) is 47.3 Å². The number of anilines is 1. The second-order valence-electron chi connectivity index (χ2n) is 7.77. The number of nitrogens with one attached hydrogen (secondary N) is 1. The molecule has 1 N–H and O–H groups in total. The summed E-state index contributed by atoms with van der Waals surface area (Å²) in [5, 5.41) is 11.1. The average Bonchev–Trinajstić information content (AvgIpc) is 3.28. The van der Waals surface area contributed by atoms with Gasteiger partial charge >= 0.3 is 6.18 Å². The highest BCUT2D eigenvalue weighted by atomic mass is 32.2. The number of nitrogens with zero attached hydrogens (tertiary/aromatic N) is 2. The van der Waals surface area contributed by atoms with E-state index in [1.54, 1.807) is 6.07 Å². The fourth-order valence-electron chi connectivity index (χ4n) is 3.93. The maximum Gasteiger partial charge on any atom is 0.395 e. The maximum atomic E-state index is 15.0. The third-order valence-electron chi connectivity index (χ3n) is 5.61. The SMILES string of the molecule is Cn1cc(S(=O)(=O)CC2(C(F)(F)F)CCCC2)c(F)c1C(=O)Nc1ccc(F)c(C#N)c1. The average molecular weight is 475 g/mol. The molecule has 6 nitrogen and oxygen atoms in total. The summed E-state index contributed by atoms with van der Waals surface area (Å²) in [5.41, 5.74) is -3.63. The first-order valence-electron chi connectivity index (χ1n) is 9.47. The minimum atomic E-state index is -4.77. The quantitative estimate of drug-likeness (QED) is 0.652. The van der Waals surface area contributed by atoms with Crippen molar-refractivity contribution >= 4 is 21.4 Å². The number of nitriles is 1. The summed E-state index contributed by atoms with van der Waals surface area (Å²) in [6, 6.07) is 4.58. The lowest BCUT2D eigenvalue weighted by molar-refractivity contribution is -0.213. The Morgan fingerprint density at radius 3 is 2.44 bits per heavy atom. The number of amides is 1. The number of carbonyl (C=O) groups excluding carboxylic acids is 1. The summed E-state index contributed by atoms with van der Waals surface area (Å²) in [5.74, 6) is -4.75. The minimum Gasteiger partial charge on any atom is -0.343 e. The molecule has 1 aromatic heterocycles. The van der Waals surface area contributed by atoms with Gasteiger partial charge in [0.1, 0.15) is 22.5 Å². The van der Waals surface area contributed by atoms with Crippen molar-refractivity contribution < 1.29 is 35.2 Å². The normalized spacial score (nSPS) is 16.0. The maximum absolute atomic E-state index is 15.0. The Bertz CT molecular complexity index is 1210. The molecule has 0 bridgehead atoms. The highest BCUT2D eigenvalue weighted by Crippen LogP contribution is 2.52. The summed E-state index contributed by atoms with van der Waals surface area (Å²) in [4.78, 5) is 11.5. The molecule has 32 heavy (non-hydrogen) atoms. The van der Waals surface area contributed by atoms with Gasteiger partial charge < -0.3 is 9.88 Å². The molecule has 172 valence electrons. The molecule has 1 amide bonds. The second-order valence-corrected chi connectivity index (χ2v) is 9.73. The number of sulfone groups is 1. The zero-order valence-electron chi connectivity index (χ0n) is 16.8. The molecule has 1 heterocycles. The number of benzene rings is 1. The number of hydrogen-bond donors (Lipinski definition) is 1. The molecule has 2 aromatic rings. The summed E-state index contributed by atoms with van der Waals surface area (Å²) in [6.45, 7) is 0. The predicted octanol–water partition coefficient (Wildman–Crippen LogP) is 4.32. The van der Waals surface area contributed by atoms with Crippen molar-refractivity contribution in [2.75, 3.05) is 11.1 Å². The predicted molar refractivity (Wildman–Crippen MR) is 103 cm³/mol. The Hall–Kier alpha value is -2.94. The van der Waals surface area contributed by atoms with Crippen LogP contribution in [0.4, 0.5) is 27.6 Å². The highest BCUT2D eigenvalue weighted by molar-refractivity contribution is 7.91. The Morgan fingerprint density at radius 2 is 1.88 bits per heavy atom. The molecule has 1 saturated carbocycles. The monoisotopic (exact) mass is 475 g/mol. The van der Waals surface area contributed by atoms with E-state index in [2.05, 4.69) is 5.32 Å². The van der Waals surface area contributed by atoms with Crippen molar-refractivity contribution in [2.24, 2.45) is 12.5 Å². The molecule has 0 saturated heterocycles. The van der Waals surface area contributed by atoms with Gasteiger partial charge in [-0.25, -0.2) is 17.2 Å². The number of aromatic nitrogens is 1. The van der Waals surface area contributed by atoms with Gasteiger partial charge in [-0.05, 0) is 31.0 Å². The van der Waals surface area contributed by atoms with Gasteiger partial charge in [0, 0.05) is 18.9 Å². The lowest BCUT2D eigenvalue weighted by Crippen LogP contribution is -2.41. The molecule has 0 atom stereocenters. The third-order valence-corrected chi connectivity index (χ3v) is 7.50. The van der Waals surface area contributed by atoms with Gasteiger partial charge in [-0.2, -0.15) is 18.4 Å². The Kier molecular flexibility index (Phi) is 6.08. The first kappa shape index (κ1) is 23.7. The Balaban J connectivity index is 1.93. The van der Waals surface area contributed by atoms with Crippen LogP contribution in [0.25, 0.3) is 0 Å². The van der Waals surface area contributed by atoms with E-state index < -0.39 is 55.3 Å². The molecular weight excluding hydrogens is 457 g/mol. The number of hydrogen-bond acceptors (Lipinski definition) is 4. The van der Waals surface area contributed by atoms with Crippen LogP contribution in [-0.4, -0.2) is 30.8 Å². The van der Waals surface area contributed by atoms with Crippen LogP contribution in [0.3, 0.4) is 0 Å². The standard InChI is InChI=1S/C20H18F5N3O3S/c1-28-10-15(32(30,31)11-19(20(23,24)25)6-2-3-7-19)16(22)17(28)18(29)27-13-4-5-14(21)12(8-13)9-26/h4-5,8,10H,2-3,6-7,11H2,1H3,(H,27,29). The van der Waals surface area contributed by atoms with E-state index in [0.29, 0.717) is 0 Å². The van der Waals surface area contributed by atoms with Crippen LogP contribution in [0.1, 0.15) is 41.7 Å². The van der Waals surface area contributed by atoms with Crippen LogP contribution in [0.5, 0.6) is 0 Å². The topological polar surface area (TPSA) is 92.0 Å². The van der Waals surface area contributed by atoms with Crippen molar-refractivity contribution in [3.8, 4) is 6.07 Å². The second kappa shape index (κ2) is 8.20. The van der Waals surface area contributed by atoms with Crippen molar-refractivity contribution in [1.82, 2.24) is 4.57 Å². The molecule has 0 spiro atoms. The van der Waals surface area contributed by atoms with E-state index in [1.165, 1.54) is 0 Å². The van der Waals surface area contributed by atoms with Crippen molar-refractivity contribution in [2.45, 2.75) is 36.8 Å². The van der Waals surface area contributed by atoms with E-state index >= 15 is 0 Å². The first-order chi connectivity index (χ1) is 14.8. The van der Waals surface area contributed by atoms with Gasteiger partial charge in [0.05, 0.1) is 16.7 Å². The van der Waals surface area contributed by atoms with E-state index in [1.807, 2.05) is 0 Å².